The van der Waals surface area contributed by atoms with Crippen LogP contribution in [0.15, 0.2) is 11.6 Å². The molecule has 0 spiro atoms. The molecule has 0 bridgehead atoms. The Morgan fingerprint density at radius 1 is 1.24 bits per heavy atom. The second-order valence-corrected chi connectivity index (χ2v) is 5.82. The molecule has 120 valence electrons. The van der Waals surface area contributed by atoms with Gasteiger partial charge < -0.3 is 15.2 Å². The number of carbonyl (C=O) groups is 3. The fraction of sp³-hybridized carbons (Fsp3) is 0.643. The van der Waals surface area contributed by atoms with Crippen LogP contribution >= 0.6 is 0 Å². The first-order valence-electron chi connectivity index (χ1n) is 6.63. The summed E-state index contributed by atoms with van der Waals surface area (Å²) in [5, 5.41) is 11.5. The van der Waals surface area contributed by atoms with Crippen molar-refractivity contribution in [3.05, 3.63) is 11.6 Å². The van der Waals surface area contributed by atoms with Crippen LogP contribution in [0, 0.1) is 0 Å². The molecule has 0 saturated heterocycles. The predicted molar refractivity (Wildman–Crippen MR) is 78.3 cm³/mol. The molecule has 7 nitrogen and oxygen atoms in total. The minimum absolute atomic E-state index is 0.0108. The number of ether oxygens (including phenoxy) is 1. The van der Waals surface area contributed by atoms with Crippen molar-refractivity contribution < 1.29 is 24.2 Å². The van der Waals surface area contributed by atoms with E-state index in [9.17, 15) is 14.4 Å². The highest BCUT2D eigenvalue weighted by molar-refractivity contribution is 5.93. The average molecular weight is 300 g/mol. The molecule has 0 aromatic heterocycles. The lowest BCUT2D eigenvalue weighted by atomic mass is 10.2. The van der Waals surface area contributed by atoms with Crippen molar-refractivity contribution in [1.82, 2.24) is 10.2 Å². The zero-order chi connectivity index (χ0) is 16.6. The summed E-state index contributed by atoms with van der Waals surface area (Å²) in [7, 11) is 0. The Hall–Kier alpha value is -2.05. The number of carboxylic acid groups (broad SMARTS) is 1. The highest BCUT2D eigenvalue weighted by Gasteiger charge is 2.18. The molecule has 0 aliphatic carbocycles. The van der Waals surface area contributed by atoms with Gasteiger partial charge in [0.1, 0.15) is 5.60 Å². The highest BCUT2D eigenvalue weighted by atomic mass is 16.6. The molecule has 0 aliphatic heterocycles. The SMILES string of the molecule is CC(C)=CC(=O)CN(CCNC(=O)OC(C)(C)C)C(=O)O. The summed E-state index contributed by atoms with van der Waals surface area (Å²) in [6.07, 6.45) is -0.447. The van der Waals surface area contributed by atoms with Crippen molar-refractivity contribution in [3.63, 3.8) is 0 Å². The number of allylic oxidation sites excluding steroid dienone is 1. The fourth-order valence-corrected chi connectivity index (χ4v) is 1.41. The maximum Gasteiger partial charge on any atom is 0.407 e. The molecular formula is C14H24N2O5. The quantitative estimate of drug-likeness (QED) is 0.732. The van der Waals surface area contributed by atoms with Crippen LogP contribution in [-0.2, 0) is 9.53 Å². The summed E-state index contributed by atoms with van der Waals surface area (Å²) in [4.78, 5) is 34.9. The first-order chi connectivity index (χ1) is 9.51. The van der Waals surface area contributed by atoms with Gasteiger partial charge in [0.15, 0.2) is 5.78 Å². The molecule has 0 atom stereocenters. The van der Waals surface area contributed by atoms with Gasteiger partial charge in [-0.25, -0.2) is 9.59 Å². The first-order valence-corrected chi connectivity index (χ1v) is 6.63. The van der Waals surface area contributed by atoms with Gasteiger partial charge in [-0.3, -0.25) is 9.69 Å². The Labute approximate surface area is 124 Å². The van der Waals surface area contributed by atoms with Gasteiger partial charge in [0.25, 0.3) is 0 Å². The van der Waals surface area contributed by atoms with Crippen molar-refractivity contribution in [1.29, 1.82) is 0 Å². The summed E-state index contributed by atoms with van der Waals surface area (Å²) in [6.45, 7) is 8.55. The summed E-state index contributed by atoms with van der Waals surface area (Å²) in [5.74, 6) is -0.297. The molecular weight excluding hydrogens is 276 g/mol. The predicted octanol–water partition coefficient (Wildman–Crippen LogP) is 2.03. The topological polar surface area (TPSA) is 95.9 Å². The molecule has 0 aromatic carbocycles. The van der Waals surface area contributed by atoms with Crippen molar-refractivity contribution in [2.45, 2.75) is 40.2 Å². The van der Waals surface area contributed by atoms with Gasteiger partial charge in [-0.1, -0.05) is 5.57 Å². The van der Waals surface area contributed by atoms with E-state index in [1.807, 2.05) is 0 Å². The van der Waals surface area contributed by atoms with Crippen LogP contribution in [0.1, 0.15) is 34.6 Å². The van der Waals surface area contributed by atoms with Gasteiger partial charge in [-0.15, -0.1) is 0 Å². The number of nitrogens with one attached hydrogen (secondary N) is 1. The third-order valence-corrected chi connectivity index (χ3v) is 2.12. The van der Waals surface area contributed by atoms with Gasteiger partial charge in [-0.05, 0) is 40.7 Å². The maximum absolute atomic E-state index is 11.6. The molecule has 2 N–H and O–H groups in total. The molecule has 0 aromatic rings. The molecule has 21 heavy (non-hydrogen) atoms. The van der Waals surface area contributed by atoms with Crippen molar-refractivity contribution in [2.75, 3.05) is 19.6 Å². The number of alkyl carbamates (subject to hydrolysis) is 1. The number of nitrogens with zero attached hydrogens (tertiary/aromatic N) is 1. The smallest absolute Gasteiger partial charge is 0.407 e. The standard InChI is InChI=1S/C14H24N2O5/c1-10(2)8-11(17)9-16(13(19)20)7-6-15-12(18)21-14(3,4)5/h8H,6-7,9H2,1-5H3,(H,15,18)(H,19,20). The van der Waals surface area contributed by atoms with E-state index in [0.29, 0.717) is 0 Å². The molecule has 0 aliphatic rings. The zero-order valence-corrected chi connectivity index (χ0v) is 13.2. The van der Waals surface area contributed by atoms with Crippen LogP contribution in [-0.4, -0.2) is 53.2 Å². The lowest BCUT2D eigenvalue weighted by molar-refractivity contribution is -0.115. The van der Waals surface area contributed by atoms with Crippen LogP contribution in [0.2, 0.25) is 0 Å². The Morgan fingerprint density at radius 2 is 1.81 bits per heavy atom. The van der Waals surface area contributed by atoms with E-state index in [-0.39, 0.29) is 25.4 Å². The van der Waals surface area contributed by atoms with Crippen molar-refractivity contribution >= 4 is 18.0 Å². The average Bonchev–Trinajstić information content (AvgIpc) is 2.23. The third-order valence-electron chi connectivity index (χ3n) is 2.12. The van der Waals surface area contributed by atoms with Crippen molar-refractivity contribution in [2.24, 2.45) is 0 Å². The third kappa shape index (κ3) is 10.4. The molecule has 0 unspecified atom stereocenters. The van der Waals surface area contributed by atoms with E-state index in [0.717, 1.165) is 10.5 Å². The monoisotopic (exact) mass is 300 g/mol. The lowest BCUT2D eigenvalue weighted by Gasteiger charge is -2.21. The summed E-state index contributed by atoms with van der Waals surface area (Å²) in [6, 6.07) is 0. The first kappa shape index (κ1) is 18.9. The number of ketones is 1. The Bertz CT molecular complexity index is 420. The lowest BCUT2D eigenvalue weighted by Crippen LogP contribution is -2.41. The largest absolute Gasteiger partial charge is 0.465 e. The van der Waals surface area contributed by atoms with E-state index in [1.165, 1.54) is 6.08 Å². The molecule has 0 saturated carbocycles. The Balaban J connectivity index is 4.30. The molecule has 0 fully saturated rings. The molecule has 0 radical (unpaired) electrons. The highest BCUT2D eigenvalue weighted by Crippen LogP contribution is 2.06. The van der Waals surface area contributed by atoms with E-state index in [2.05, 4.69) is 5.32 Å². The van der Waals surface area contributed by atoms with E-state index >= 15 is 0 Å². The van der Waals surface area contributed by atoms with Gasteiger partial charge in [-0.2, -0.15) is 0 Å². The van der Waals surface area contributed by atoms with E-state index in [4.69, 9.17) is 9.84 Å². The summed E-state index contributed by atoms with van der Waals surface area (Å²) < 4.78 is 5.02. The van der Waals surface area contributed by atoms with Crippen LogP contribution in [0.4, 0.5) is 9.59 Å². The molecule has 0 heterocycles. The molecule has 0 rings (SSSR count). The Kier molecular flexibility index (Phi) is 7.48. The van der Waals surface area contributed by atoms with Gasteiger partial charge in [0.2, 0.25) is 0 Å². The number of amides is 2. The van der Waals surface area contributed by atoms with Crippen LogP contribution in [0.5, 0.6) is 0 Å². The van der Waals surface area contributed by atoms with Crippen molar-refractivity contribution in [3.8, 4) is 0 Å². The van der Waals surface area contributed by atoms with Crippen LogP contribution < -0.4 is 5.32 Å². The van der Waals surface area contributed by atoms with Crippen LogP contribution in [0.3, 0.4) is 0 Å². The van der Waals surface area contributed by atoms with Gasteiger partial charge >= 0.3 is 12.2 Å². The minimum Gasteiger partial charge on any atom is -0.465 e. The second kappa shape index (κ2) is 8.28. The number of hydrogen-bond donors (Lipinski definition) is 2. The van der Waals surface area contributed by atoms with E-state index < -0.39 is 17.8 Å². The fourth-order valence-electron chi connectivity index (χ4n) is 1.41. The number of rotatable bonds is 6. The minimum atomic E-state index is -1.21. The van der Waals surface area contributed by atoms with Crippen LogP contribution in [0.25, 0.3) is 0 Å². The second-order valence-electron chi connectivity index (χ2n) is 5.82. The molecule has 2 amide bonds. The number of hydrogen-bond acceptors (Lipinski definition) is 4. The Morgan fingerprint density at radius 3 is 2.24 bits per heavy atom. The summed E-state index contributed by atoms with van der Waals surface area (Å²) >= 11 is 0. The normalized spacial score (nSPS) is 10.5. The van der Waals surface area contributed by atoms with Gasteiger partial charge in [0, 0.05) is 13.1 Å². The van der Waals surface area contributed by atoms with E-state index in [1.54, 1.807) is 34.6 Å². The van der Waals surface area contributed by atoms with Gasteiger partial charge in [0.05, 0.1) is 6.54 Å². The maximum atomic E-state index is 11.6. The zero-order valence-electron chi connectivity index (χ0n) is 13.2. The number of carbonyl (C=O) groups excluding carboxylic acids is 2. The summed E-state index contributed by atoms with van der Waals surface area (Å²) in [5.41, 5.74) is 0.188. The molecule has 7 heteroatoms.